The van der Waals surface area contributed by atoms with Crippen molar-refractivity contribution in [3.05, 3.63) is 64.2 Å². The highest BCUT2D eigenvalue weighted by molar-refractivity contribution is 6.31. The summed E-state index contributed by atoms with van der Waals surface area (Å²) in [4.78, 5) is 50.7. The molecule has 0 radical (unpaired) electrons. The number of hydrogen-bond donors (Lipinski definition) is 1. The molecule has 48 heavy (non-hydrogen) atoms. The molecule has 4 heterocycles. The summed E-state index contributed by atoms with van der Waals surface area (Å²) in [6.45, 7) is 6.51. The monoisotopic (exact) mass is 688 g/mol. The molecule has 0 aliphatic carbocycles. The molecule has 9 nitrogen and oxygen atoms in total. The number of halogens is 4. The van der Waals surface area contributed by atoms with Crippen molar-refractivity contribution >= 4 is 35.1 Å². The Labute approximate surface area is 284 Å². The van der Waals surface area contributed by atoms with Gasteiger partial charge < -0.3 is 24.9 Å². The van der Waals surface area contributed by atoms with E-state index in [2.05, 4.69) is 22.2 Å². The number of alkyl halides is 3. The molecule has 6 rings (SSSR count). The first-order valence-corrected chi connectivity index (χ1v) is 17.3. The van der Waals surface area contributed by atoms with E-state index in [1.165, 1.54) is 12.1 Å². The van der Waals surface area contributed by atoms with Crippen LogP contribution in [0.5, 0.6) is 0 Å². The number of hydrogen-bond acceptors (Lipinski definition) is 5. The molecule has 2 aromatic rings. The van der Waals surface area contributed by atoms with E-state index in [9.17, 15) is 27.6 Å². The zero-order valence-electron chi connectivity index (χ0n) is 27.4. The van der Waals surface area contributed by atoms with Gasteiger partial charge in [-0.25, -0.2) is 4.79 Å². The van der Waals surface area contributed by atoms with Gasteiger partial charge in [0.05, 0.1) is 16.5 Å². The normalized spacial score (nSPS) is 21.2. The van der Waals surface area contributed by atoms with Crippen LogP contribution in [-0.4, -0.2) is 114 Å². The van der Waals surface area contributed by atoms with E-state index < -0.39 is 22.7 Å². The number of anilines is 1. The van der Waals surface area contributed by atoms with E-state index in [-0.39, 0.29) is 36.7 Å². The molecule has 4 aliphatic rings. The Bertz CT molecular complexity index is 1480. The lowest BCUT2D eigenvalue weighted by atomic mass is 9.91. The smallest absolute Gasteiger partial charge is 0.343 e. The summed E-state index contributed by atoms with van der Waals surface area (Å²) in [6, 6.07) is 11.6. The Morgan fingerprint density at radius 1 is 0.896 bits per heavy atom. The van der Waals surface area contributed by atoms with E-state index in [1.807, 2.05) is 29.2 Å². The molecule has 2 aromatic carbocycles. The number of piperazine rings is 1. The van der Waals surface area contributed by atoms with Crippen LogP contribution in [0, 0.1) is 5.92 Å². The summed E-state index contributed by atoms with van der Waals surface area (Å²) in [6.07, 6.45) is -1.85. The second-order valence-electron chi connectivity index (χ2n) is 13.6. The molecule has 13 heteroatoms. The Kier molecular flexibility index (Phi) is 10.5. The Morgan fingerprint density at radius 2 is 1.54 bits per heavy atom. The first kappa shape index (κ1) is 34.5. The van der Waals surface area contributed by atoms with Crippen LogP contribution in [0.25, 0.3) is 0 Å². The lowest BCUT2D eigenvalue weighted by Crippen LogP contribution is -2.54. The predicted octanol–water partition coefficient (Wildman–Crippen LogP) is 5.18. The molecule has 3 fully saturated rings. The first-order chi connectivity index (χ1) is 23.0. The second kappa shape index (κ2) is 14.6. The van der Waals surface area contributed by atoms with E-state index >= 15 is 0 Å². The number of rotatable bonds is 7. The van der Waals surface area contributed by atoms with Crippen LogP contribution in [0.2, 0.25) is 5.02 Å². The second-order valence-corrected chi connectivity index (χ2v) is 14.0. The highest BCUT2D eigenvalue weighted by Crippen LogP contribution is 2.36. The fraction of sp³-hybridized carbons (Fsp3) is 0.571. The molecular formula is C35H44ClF3N6O3. The van der Waals surface area contributed by atoms with Gasteiger partial charge in [0.1, 0.15) is 0 Å². The van der Waals surface area contributed by atoms with Crippen LogP contribution in [0.1, 0.15) is 48.8 Å². The standard InChI is InChI=1S/C35H44ClF3N6O3/c1-41-16-18-42(19-17-41)27-8-14-44(15-9-27)33(47)26(20-24-6-7-30(36)29(21-24)35(37,38)39)22-32(46)43-12-10-28(11-13-43)45-23-25-4-2-3-5-31(25)40-34(45)48/h2-7,21,26-28H,8-20,22-23H2,1H3,(H,40,48). The molecule has 0 bridgehead atoms. The highest BCUT2D eigenvalue weighted by Gasteiger charge is 2.37. The molecule has 0 aromatic heterocycles. The molecule has 4 amide bonds. The fourth-order valence-corrected chi connectivity index (χ4v) is 7.85. The van der Waals surface area contributed by atoms with Crippen molar-refractivity contribution in [3.63, 3.8) is 0 Å². The van der Waals surface area contributed by atoms with Crippen LogP contribution in [0.15, 0.2) is 42.5 Å². The number of benzene rings is 2. The largest absolute Gasteiger partial charge is 0.417 e. The Hall–Kier alpha value is -3.35. The van der Waals surface area contributed by atoms with Crippen molar-refractivity contribution in [1.82, 2.24) is 24.5 Å². The topological polar surface area (TPSA) is 79.4 Å². The van der Waals surface area contributed by atoms with Crippen molar-refractivity contribution in [2.24, 2.45) is 5.92 Å². The average molecular weight is 689 g/mol. The minimum Gasteiger partial charge on any atom is -0.343 e. The lowest BCUT2D eigenvalue weighted by molar-refractivity contribution is -0.143. The number of carbonyl (C=O) groups excluding carboxylic acids is 3. The quantitative estimate of drug-likeness (QED) is 0.434. The molecule has 3 saturated heterocycles. The molecule has 1 N–H and O–H groups in total. The predicted molar refractivity (Wildman–Crippen MR) is 178 cm³/mol. The number of para-hydroxylation sites is 1. The number of amides is 4. The summed E-state index contributed by atoms with van der Waals surface area (Å²) in [7, 11) is 2.12. The Balaban J connectivity index is 1.11. The van der Waals surface area contributed by atoms with Gasteiger partial charge in [-0.05, 0) is 68.5 Å². The number of nitrogens with zero attached hydrogens (tertiary/aromatic N) is 5. The number of piperidine rings is 2. The van der Waals surface area contributed by atoms with Gasteiger partial charge in [0.15, 0.2) is 0 Å². The van der Waals surface area contributed by atoms with Crippen molar-refractivity contribution in [2.75, 3.05) is 64.7 Å². The Morgan fingerprint density at radius 3 is 2.23 bits per heavy atom. The zero-order valence-corrected chi connectivity index (χ0v) is 28.1. The van der Waals surface area contributed by atoms with Crippen molar-refractivity contribution < 1.29 is 27.6 Å². The van der Waals surface area contributed by atoms with Crippen molar-refractivity contribution in [2.45, 2.75) is 63.3 Å². The number of likely N-dealkylation sites (tertiary alicyclic amines) is 2. The number of urea groups is 1. The molecule has 1 atom stereocenters. The molecule has 260 valence electrons. The summed E-state index contributed by atoms with van der Waals surface area (Å²) in [5.74, 6) is -1.19. The molecule has 0 spiro atoms. The van der Waals surface area contributed by atoms with Gasteiger partial charge >= 0.3 is 12.2 Å². The minimum atomic E-state index is -4.63. The van der Waals surface area contributed by atoms with E-state index in [1.54, 1.807) is 9.80 Å². The van der Waals surface area contributed by atoms with Crippen molar-refractivity contribution in [3.8, 4) is 0 Å². The summed E-state index contributed by atoms with van der Waals surface area (Å²) in [5, 5.41) is 2.56. The van der Waals surface area contributed by atoms with Gasteiger partial charge in [-0.1, -0.05) is 35.9 Å². The van der Waals surface area contributed by atoms with Gasteiger partial charge in [-0.15, -0.1) is 0 Å². The van der Waals surface area contributed by atoms with Crippen LogP contribution in [0.4, 0.5) is 23.7 Å². The van der Waals surface area contributed by atoms with Gasteiger partial charge in [-0.3, -0.25) is 14.5 Å². The van der Waals surface area contributed by atoms with Crippen molar-refractivity contribution in [1.29, 1.82) is 0 Å². The molecule has 1 unspecified atom stereocenters. The van der Waals surface area contributed by atoms with Gasteiger partial charge in [0.25, 0.3) is 0 Å². The summed E-state index contributed by atoms with van der Waals surface area (Å²) < 4.78 is 41.1. The highest BCUT2D eigenvalue weighted by atomic mass is 35.5. The minimum absolute atomic E-state index is 0.00698. The molecular weight excluding hydrogens is 645 g/mol. The third kappa shape index (κ3) is 7.92. The third-order valence-electron chi connectivity index (χ3n) is 10.5. The average Bonchev–Trinajstić information content (AvgIpc) is 3.08. The van der Waals surface area contributed by atoms with E-state index in [0.29, 0.717) is 57.2 Å². The maximum atomic E-state index is 14.0. The number of carbonyl (C=O) groups is 3. The zero-order chi connectivity index (χ0) is 34.0. The van der Waals surface area contributed by atoms with Gasteiger partial charge in [0.2, 0.25) is 11.8 Å². The fourth-order valence-electron chi connectivity index (χ4n) is 7.63. The summed E-state index contributed by atoms with van der Waals surface area (Å²) >= 11 is 5.88. The first-order valence-electron chi connectivity index (χ1n) is 17.0. The SMILES string of the molecule is CN1CCN(C2CCN(C(=O)C(CC(=O)N3CCC(N4Cc5ccccc5NC4=O)CC3)Cc3ccc(Cl)c(C(F)(F)F)c3)CC2)CC1. The van der Waals surface area contributed by atoms with Crippen LogP contribution in [-0.2, 0) is 28.7 Å². The molecule has 4 aliphatic heterocycles. The third-order valence-corrected chi connectivity index (χ3v) is 10.9. The summed E-state index contributed by atoms with van der Waals surface area (Å²) in [5.41, 5.74) is 1.23. The van der Waals surface area contributed by atoms with Crippen LogP contribution in [0.3, 0.4) is 0 Å². The number of fused-ring (bicyclic) bond motifs is 1. The van der Waals surface area contributed by atoms with E-state index in [0.717, 1.165) is 56.3 Å². The maximum absolute atomic E-state index is 14.0. The van der Waals surface area contributed by atoms with Gasteiger partial charge in [-0.2, -0.15) is 13.2 Å². The van der Waals surface area contributed by atoms with Gasteiger partial charge in [0, 0.05) is 83.1 Å². The maximum Gasteiger partial charge on any atom is 0.417 e. The number of nitrogens with one attached hydrogen (secondary N) is 1. The number of likely N-dealkylation sites (N-methyl/N-ethyl adjacent to an activating group) is 1. The lowest BCUT2D eigenvalue weighted by Gasteiger charge is -2.43. The van der Waals surface area contributed by atoms with Crippen LogP contribution < -0.4 is 5.32 Å². The van der Waals surface area contributed by atoms with E-state index in [4.69, 9.17) is 11.6 Å². The van der Waals surface area contributed by atoms with Crippen LogP contribution >= 0.6 is 11.6 Å². The molecule has 0 saturated carbocycles.